The van der Waals surface area contributed by atoms with E-state index in [-0.39, 0.29) is 0 Å². The number of nitrogens with zero attached hydrogens (tertiary/aromatic N) is 1. The monoisotopic (exact) mass is 350 g/mol. The van der Waals surface area contributed by atoms with Crippen LogP contribution in [0.25, 0.3) is 0 Å². The maximum Gasteiger partial charge on any atom is 0.119 e. The predicted octanol–water partition coefficient (Wildman–Crippen LogP) is 4.34. The Morgan fingerprint density at radius 3 is 2.78 bits per heavy atom. The normalized spacial score (nSPS) is 16.6. The molecule has 3 nitrogen and oxygen atoms in total. The average Bonchev–Trinajstić information content (AvgIpc) is 3.23. The molecule has 2 heterocycles. The zero-order chi connectivity index (χ0) is 16.1. The second-order valence-corrected chi connectivity index (χ2v) is 7.67. The molecule has 3 rings (SSSR count). The number of halogens is 1. The van der Waals surface area contributed by atoms with Gasteiger partial charge in [-0.2, -0.15) is 0 Å². The highest BCUT2D eigenvalue weighted by Gasteiger charge is 2.23. The first-order valence-electron chi connectivity index (χ1n) is 8.09. The lowest BCUT2D eigenvalue weighted by molar-refractivity contribution is 0.238. The highest BCUT2D eigenvalue weighted by molar-refractivity contribution is 7.16. The maximum absolute atomic E-state index is 6.00. The number of hydrogen-bond donors (Lipinski definition) is 1. The average molecular weight is 351 g/mol. The standard InChI is InChI=1S/C18H23ClN2OS/c1-22-15-6-4-5-14(11-15)17(21-9-2-3-10-21)13-20-12-16-7-8-18(19)23-16/h4-8,11,17,20H,2-3,9-10,12-13H2,1H3. The van der Waals surface area contributed by atoms with Gasteiger partial charge in [0.2, 0.25) is 0 Å². The van der Waals surface area contributed by atoms with Crippen LogP contribution in [0.1, 0.15) is 29.3 Å². The predicted molar refractivity (Wildman–Crippen MR) is 97.6 cm³/mol. The molecule has 0 spiro atoms. The highest BCUT2D eigenvalue weighted by atomic mass is 35.5. The van der Waals surface area contributed by atoms with Crippen molar-refractivity contribution in [1.82, 2.24) is 10.2 Å². The molecule has 1 aromatic heterocycles. The number of thiophene rings is 1. The largest absolute Gasteiger partial charge is 0.497 e. The summed E-state index contributed by atoms with van der Waals surface area (Å²) in [6.07, 6.45) is 2.59. The van der Waals surface area contributed by atoms with E-state index in [1.54, 1.807) is 18.4 Å². The molecule has 1 aliphatic rings. The van der Waals surface area contributed by atoms with Crippen molar-refractivity contribution in [2.45, 2.75) is 25.4 Å². The van der Waals surface area contributed by atoms with E-state index >= 15 is 0 Å². The number of methoxy groups -OCH3 is 1. The van der Waals surface area contributed by atoms with Crippen molar-refractivity contribution in [3.63, 3.8) is 0 Å². The van der Waals surface area contributed by atoms with Crippen molar-refractivity contribution in [3.8, 4) is 5.75 Å². The fraction of sp³-hybridized carbons (Fsp3) is 0.444. The quantitative estimate of drug-likeness (QED) is 0.804. The fourth-order valence-corrected chi connectivity index (χ4v) is 4.20. The number of nitrogens with one attached hydrogen (secondary N) is 1. The topological polar surface area (TPSA) is 24.5 Å². The van der Waals surface area contributed by atoms with Crippen LogP contribution in [0.15, 0.2) is 36.4 Å². The number of likely N-dealkylation sites (tertiary alicyclic amines) is 1. The SMILES string of the molecule is COc1cccc(C(CNCc2ccc(Cl)s2)N2CCCC2)c1. The minimum absolute atomic E-state index is 0.392. The van der Waals surface area contributed by atoms with Crippen molar-refractivity contribution in [3.05, 3.63) is 51.2 Å². The molecule has 1 N–H and O–H groups in total. The van der Waals surface area contributed by atoms with Crippen LogP contribution in [-0.4, -0.2) is 31.6 Å². The van der Waals surface area contributed by atoms with Gasteiger partial charge in [-0.05, 0) is 55.8 Å². The Kier molecular flexibility index (Phi) is 5.95. The van der Waals surface area contributed by atoms with Crippen molar-refractivity contribution < 1.29 is 4.74 Å². The van der Waals surface area contributed by atoms with Crippen molar-refractivity contribution in [2.24, 2.45) is 0 Å². The second kappa shape index (κ2) is 8.15. The maximum atomic E-state index is 6.00. The summed E-state index contributed by atoms with van der Waals surface area (Å²) in [5, 5.41) is 3.60. The van der Waals surface area contributed by atoms with E-state index in [2.05, 4.69) is 34.5 Å². The summed E-state index contributed by atoms with van der Waals surface area (Å²) in [5.41, 5.74) is 1.32. The van der Waals surface area contributed by atoms with E-state index in [0.717, 1.165) is 23.2 Å². The van der Waals surface area contributed by atoms with Crippen LogP contribution in [-0.2, 0) is 6.54 Å². The van der Waals surface area contributed by atoms with E-state index in [4.69, 9.17) is 16.3 Å². The van der Waals surface area contributed by atoms with Gasteiger partial charge in [0.25, 0.3) is 0 Å². The Labute approximate surface area is 147 Å². The van der Waals surface area contributed by atoms with E-state index in [0.29, 0.717) is 6.04 Å². The highest BCUT2D eigenvalue weighted by Crippen LogP contribution is 2.27. The Morgan fingerprint density at radius 2 is 2.09 bits per heavy atom. The first-order valence-corrected chi connectivity index (χ1v) is 9.28. The molecule has 0 radical (unpaired) electrons. The van der Waals surface area contributed by atoms with Crippen LogP contribution in [0.2, 0.25) is 4.34 Å². The van der Waals surface area contributed by atoms with Crippen LogP contribution in [0.3, 0.4) is 0 Å². The minimum atomic E-state index is 0.392. The van der Waals surface area contributed by atoms with Gasteiger partial charge in [0, 0.05) is 24.0 Å². The van der Waals surface area contributed by atoms with Crippen molar-refractivity contribution in [2.75, 3.05) is 26.7 Å². The summed E-state index contributed by atoms with van der Waals surface area (Å²) in [6.45, 7) is 4.15. The lowest BCUT2D eigenvalue weighted by Crippen LogP contribution is -2.33. The smallest absolute Gasteiger partial charge is 0.119 e. The number of ether oxygens (including phenoxy) is 1. The van der Waals surface area contributed by atoms with Crippen LogP contribution >= 0.6 is 22.9 Å². The molecular weight excluding hydrogens is 328 g/mol. The van der Waals surface area contributed by atoms with E-state index in [9.17, 15) is 0 Å². The van der Waals surface area contributed by atoms with Crippen molar-refractivity contribution in [1.29, 1.82) is 0 Å². The van der Waals surface area contributed by atoms with Gasteiger partial charge in [-0.3, -0.25) is 4.90 Å². The van der Waals surface area contributed by atoms with Gasteiger partial charge in [0.15, 0.2) is 0 Å². The summed E-state index contributed by atoms with van der Waals surface area (Å²) in [4.78, 5) is 3.85. The lowest BCUT2D eigenvalue weighted by atomic mass is 10.0. The molecule has 5 heteroatoms. The molecule has 1 aliphatic heterocycles. The molecule has 0 amide bonds. The second-order valence-electron chi connectivity index (χ2n) is 5.87. The van der Waals surface area contributed by atoms with Gasteiger partial charge < -0.3 is 10.1 Å². The van der Waals surface area contributed by atoms with Crippen LogP contribution in [0.5, 0.6) is 5.75 Å². The number of rotatable bonds is 7. The third-order valence-electron chi connectivity index (χ3n) is 4.33. The Hall–Kier alpha value is -1.07. The third-order valence-corrected chi connectivity index (χ3v) is 5.56. The van der Waals surface area contributed by atoms with Gasteiger partial charge in [-0.15, -0.1) is 11.3 Å². The summed E-state index contributed by atoms with van der Waals surface area (Å²) in [5.74, 6) is 0.928. The van der Waals surface area contributed by atoms with Crippen LogP contribution in [0.4, 0.5) is 0 Å². The Balaban J connectivity index is 1.67. The summed E-state index contributed by atoms with van der Waals surface area (Å²) in [6, 6.07) is 12.9. The van der Waals surface area contributed by atoms with Gasteiger partial charge >= 0.3 is 0 Å². The molecule has 124 valence electrons. The van der Waals surface area contributed by atoms with E-state index < -0.39 is 0 Å². The van der Waals surface area contributed by atoms with E-state index in [1.807, 2.05) is 12.1 Å². The molecule has 1 unspecified atom stereocenters. The minimum Gasteiger partial charge on any atom is -0.497 e. The molecule has 1 fully saturated rings. The first-order chi connectivity index (χ1) is 11.3. The van der Waals surface area contributed by atoms with Crippen molar-refractivity contribution >= 4 is 22.9 Å². The van der Waals surface area contributed by atoms with Gasteiger partial charge in [-0.1, -0.05) is 23.7 Å². The number of benzene rings is 1. The summed E-state index contributed by atoms with van der Waals surface area (Å²) >= 11 is 7.65. The number of hydrogen-bond acceptors (Lipinski definition) is 4. The summed E-state index contributed by atoms with van der Waals surface area (Å²) < 4.78 is 6.24. The molecule has 1 aromatic carbocycles. The van der Waals surface area contributed by atoms with Gasteiger partial charge in [-0.25, -0.2) is 0 Å². The van der Waals surface area contributed by atoms with Crippen LogP contribution < -0.4 is 10.1 Å². The summed E-state index contributed by atoms with van der Waals surface area (Å²) in [7, 11) is 1.72. The first kappa shape index (κ1) is 16.8. The van der Waals surface area contributed by atoms with Gasteiger partial charge in [0.1, 0.15) is 5.75 Å². The molecule has 0 bridgehead atoms. The van der Waals surface area contributed by atoms with E-state index in [1.165, 1.54) is 36.4 Å². The molecule has 1 saturated heterocycles. The zero-order valence-electron chi connectivity index (χ0n) is 13.4. The molecule has 1 atom stereocenters. The lowest BCUT2D eigenvalue weighted by Gasteiger charge is -2.28. The fourth-order valence-electron chi connectivity index (χ4n) is 3.14. The molecule has 0 saturated carbocycles. The van der Waals surface area contributed by atoms with Crippen LogP contribution in [0, 0.1) is 0 Å². The molecule has 23 heavy (non-hydrogen) atoms. The van der Waals surface area contributed by atoms with Gasteiger partial charge in [0.05, 0.1) is 11.4 Å². The third kappa shape index (κ3) is 4.48. The molecule has 2 aromatic rings. The Morgan fingerprint density at radius 1 is 1.26 bits per heavy atom. The Bertz CT molecular complexity index is 625. The zero-order valence-corrected chi connectivity index (χ0v) is 15.0. The molecular formula is C18H23ClN2OS. The molecule has 0 aliphatic carbocycles.